The summed E-state index contributed by atoms with van der Waals surface area (Å²) in [7, 11) is -0.549. The standard InChI is InChI=1S/C27H37Si.3ClH.Ti/c1-7-8-12-26(13-10-9-11-14-26)19-27(18-22(4)23(5)24(27)6)28-25-16-20(2)15-21(3)17-25;;;;/h9-11,13,15-17H,7-8,12,14,19,28H2,1-6H3;3*1H;/q-1;;;;+4/p-3. The first-order valence-electron chi connectivity index (χ1n) is 11.0. The molecule has 0 spiro atoms. The van der Waals surface area contributed by atoms with Crippen molar-refractivity contribution in [2.24, 2.45) is 5.41 Å². The van der Waals surface area contributed by atoms with Gasteiger partial charge < -0.3 is 37.2 Å². The summed E-state index contributed by atoms with van der Waals surface area (Å²) in [5.74, 6) is 0. The Morgan fingerprint density at radius 3 is 2.03 bits per heavy atom. The molecule has 0 fully saturated rings. The van der Waals surface area contributed by atoms with Gasteiger partial charge in [0, 0.05) is 9.52 Å². The van der Waals surface area contributed by atoms with Gasteiger partial charge in [0.25, 0.3) is 0 Å². The second-order valence-electron chi connectivity index (χ2n) is 9.39. The third-order valence-corrected chi connectivity index (χ3v) is 9.34. The van der Waals surface area contributed by atoms with Gasteiger partial charge >= 0.3 is 21.7 Å². The van der Waals surface area contributed by atoms with Crippen LogP contribution in [0.4, 0.5) is 0 Å². The predicted octanol–water partition coefficient (Wildman–Crippen LogP) is -2.55. The minimum atomic E-state index is -0.549. The molecule has 0 saturated carbocycles. The van der Waals surface area contributed by atoms with Gasteiger partial charge in [0.1, 0.15) is 0 Å². The number of benzene rings is 1. The molecule has 174 valence electrons. The molecule has 2 unspecified atom stereocenters. The topological polar surface area (TPSA) is 0 Å². The van der Waals surface area contributed by atoms with E-state index in [2.05, 4.69) is 90.1 Å². The molecule has 2 aliphatic carbocycles. The molecule has 0 saturated heterocycles. The van der Waals surface area contributed by atoms with Crippen molar-refractivity contribution in [3.05, 3.63) is 76.4 Å². The molecule has 0 nitrogen and oxygen atoms in total. The van der Waals surface area contributed by atoms with Gasteiger partial charge in [-0.1, -0.05) is 104 Å². The van der Waals surface area contributed by atoms with Crippen LogP contribution >= 0.6 is 0 Å². The molecular weight excluding hydrogens is 507 g/mol. The first kappa shape index (κ1) is 34.2. The molecule has 0 bridgehead atoms. The number of hydrogen-bond acceptors (Lipinski definition) is 0. The monoisotopic (exact) mass is 542 g/mol. The van der Waals surface area contributed by atoms with E-state index in [1.807, 2.05) is 0 Å². The molecule has 1 aromatic rings. The number of aryl methyl sites for hydroxylation is 2. The smallest absolute Gasteiger partial charge is 1.00 e. The third-order valence-electron chi connectivity index (χ3n) is 6.96. The van der Waals surface area contributed by atoms with Crippen molar-refractivity contribution in [1.82, 2.24) is 0 Å². The van der Waals surface area contributed by atoms with Gasteiger partial charge in [-0.2, -0.15) is 11.1 Å². The van der Waals surface area contributed by atoms with Crippen LogP contribution in [0.1, 0.15) is 70.9 Å². The Bertz CT molecular complexity index is 851. The second-order valence-corrected chi connectivity index (χ2v) is 11.8. The Kier molecular flexibility index (Phi) is 15.4. The first-order valence-corrected chi connectivity index (χ1v) is 12.4. The Balaban J connectivity index is 0. The summed E-state index contributed by atoms with van der Waals surface area (Å²) in [6.45, 7) is 13.8. The largest absolute Gasteiger partial charge is 4.00 e. The van der Waals surface area contributed by atoms with E-state index in [0.717, 1.165) is 0 Å². The first-order chi connectivity index (χ1) is 13.3. The number of allylic oxidation sites excluding steroid dienone is 8. The summed E-state index contributed by atoms with van der Waals surface area (Å²) in [6.07, 6.45) is 19.8. The molecule has 3 rings (SSSR count). The van der Waals surface area contributed by atoms with Crippen LogP contribution in [-0.2, 0) is 21.7 Å². The predicted molar refractivity (Wildman–Crippen MR) is 127 cm³/mol. The van der Waals surface area contributed by atoms with E-state index in [-0.39, 0.29) is 69.4 Å². The molecule has 0 aliphatic heterocycles. The Hall–Kier alpha value is -0.0188. The molecule has 0 radical (unpaired) electrons. The van der Waals surface area contributed by atoms with E-state index in [4.69, 9.17) is 0 Å². The van der Waals surface area contributed by atoms with Crippen LogP contribution in [0.5, 0.6) is 0 Å². The summed E-state index contributed by atoms with van der Waals surface area (Å²) in [5.41, 5.74) is 7.55. The van der Waals surface area contributed by atoms with E-state index in [1.54, 1.807) is 10.8 Å². The zero-order valence-electron chi connectivity index (χ0n) is 20.4. The molecule has 32 heavy (non-hydrogen) atoms. The van der Waals surface area contributed by atoms with Crippen molar-refractivity contribution >= 4 is 14.7 Å². The minimum Gasteiger partial charge on any atom is -1.00 e. The quantitative estimate of drug-likeness (QED) is 0.263. The number of halogens is 3. The maximum atomic E-state index is 4.05. The van der Waals surface area contributed by atoms with Crippen molar-refractivity contribution in [2.45, 2.75) is 78.7 Å². The van der Waals surface area contributed by atoms with E-state index in [1.165, 1.54) is 54.4 Å². The Morgan fingerprint density at radius 2 is 1.56 bits per heavy atom. The van der Waals surface area contributed by atoms with Gasteiger partial charge in [-0.05, 0) is 32.1 Å². The van der Waals surface area contributed by atoms with Crippen LogP contribution in [0.25, 0.3) is 0 Å². The van der Waals surface area contributed by atoms with Crippen LogP contribution in [0.3, 0.4) is 0 Å². The summed E-state index contributed by atoms with van der Waals surface area (Å²) < 4.78 is 0. The fourth-order valence-corrected chi connectivity index (χ4v) is 8.42. The van der Waals surface area contributed by atoms with Crippen molar-refractivity contribution in [2.75, 3.05) is 0 Å². The summed E-state index contributed by atoms with van der Waals surface area (Å²) in [4.78, 5) is 0. The van der Waals surface area contributed by atoms with Crippen LogP contribution in [0.2, 0.25) is 5.04 Å². The fourth-order valence-electron chi connectivity index (χ4n) is 5.37. The maximum absolute atomic E-state index is 4.05. The van der Waals surface area contributed by atoms with Crippen LogP contribution in [0, 0.1) is 25.3 Å². The van der Waals surface area contributed by atoms with Crippen molar-refractivity contribution in [3.8, 4) is 0 Å². The fraction of sp³-hybridized carbons (Fsp3) is 0.481. The average Bonchev–Trinajstić information content (AvgIpc) is 2.83. The van der Waals surface area contributed by atoms with Gasteiger partial charge in [-0.3, -0.25) is 6.08 Å². The average molecular weight is 544 g/mol. The van der Waals surface area contributed by atoms with Crippen LogP contribution in [0.15, 0.2) is 59.2 Å². The molecule has 5 heteroatoms. The molecule has 0 amide bonds. The van der Waals surface area contributed by atoms with E-state index in [0.29, 0.717) is 0 Å². The summed E-state index contributed by atoms with van der Waals surface area (Å²) in [6, 6.07) is 7.18. The molecule has 0 N–H and O–H groups in total. The SMILES string of the molecule is CCCCC1(CC2([SiH2]c3cc(C)cc(C)c3)[C-]=C(C)C(C)=C2C)C=CC=CC1.[Cl-].[Cl-].[Cl-].[Ti+4]. The van der Waals surface area contributed by atoms with E-state index >= 15 is 0 Å². The van der Waals surface area contributed by atoms with E-state index in [9.17, 15) is 0 Å². The van der Waals surface area contributed by atoms with Crippen LogP contribution < -0.4 is 42.4 Å². The van der Waals surface area contributed by atoms with Crippen molar-refractivity contribution in [1.29, 1.82) is 0 Å². The number of rotatable bonds is 7. The third kappa shape index (κ3) is 7.76. The zero-order valence-corrected chi connectivity index (χ0v) is 25.7. The van der Waals surface area contributed by atoms with Gasteiger partial charge in [0.05, 0.1) is 0 Å². The van der Waals surface area contributed by atoms with Gasteiger partial charge in [-0.15, -0.1) is 6.92 Å². The summed E-state index contributed by atoms with van der Waals surface area (Å²) in [5, 5.41) is 1.74. The molecule has 0 aromatic heterocycles. The van der Waals surface area contributed by atoms with Gasteiger partial charge in [0.2, 0.25) is 0 Å². The van der Waals surface area contributed by atoms with E-state index < -0.39 is 9.52 Å². The second kappa shape index (κ2) is 14.4. The molecular formula is C27H37Cl3SiTi. The van der Waals surface area contributed by atoms with Crippen molar-refractivity contribution < 1.29 is 58.9 Å². The normalized spacial score (nSPS) is 23.9. The molecule has 2 atom stereocenters. The van der Waals surface area contributed by atoms with Crippen molar-refractivity contribution in [3.63, 3.8) is 0 Å². The molecule has 0 heterocycles. The molecule has 1 aromatic carbocycles. The number of hydrogen-bond donors (Lipinski definition) is 0. The maximum Gasteiger partial charge on any atom is 4.00 e. The summed E-state index contributed by atoms with van der Waals surface area (Å²) >= 11 is 0. The number of unbranched alkanes of at least 4 members (excludes halogenated alkanes) is 1. The molecule has 2 aliphatic rings. The van der Waals surface area contributed by atoms with Gasteiger partial charge in [0.15, 0.2) is 0 Å². The van der Waals surface area contributed by atoms with Gasteiger partial charge in [-0.25, -0.2) is 5.57 Å². The Labute approximate surface area is 232 Å². The van der Waals surface area contributed by atoms with Crippen LogP contribution in [-0.4, -0.2) is 9.52 Å². The Morgan fingerprint density at radius 1 is 0.938 bits per heavy atom. The minimum absolute atomic E-state index is 0. The zero-order chi connectivity index (χ0) is 20.4.